The lowest BCUT2D eigenvalue weighted by atomic mass is 9.81. The van der Waals surface area contributed by atoms with Crippen LogP contribution in [0.2, 0.25) is 0 Å². The molecule has 1 N–H and O–H groups in total. The number of halogens is 7. The molecule has 2 saturated heterocycles. The molecule has 1 amide bonds. The second kappa shape index (κ2) is 8.97. The third-order valence-electron chi connectivity index (χ3n) is 7.84. The lowest BCUT2D eigenvalue weighted by Gasteiger charge is -2.29. The van der Waals surface area contributed by atoms with Gasteiger partial charge in [0.2, 0.25) is 5.91 Å². The third kappa shape index (κ3) is 4.71. The minimum Gasteiger partial charge on any atom is -0.393 e. The molecule has 2 aliphatic heterocycles. The highest BCUT2D eigenvalue weighted by Gasteiger charge is 2.60. The van der Waals surface area contributed by atoms with Gasteiger partial charge in [0.1, 0.15) is 5.82 Å². The van der Waals surface area contributed by atoms with E-state index in [2.05, 4.69) is 0 Å². The van der Waals surface area contributed by atoms with Crippen molar-refractivity contribution in [2.45, 2.75) is 62.4 Å². The van der Waals surface area contributed by atoms with Crippen LogP contribution < -0.4 is 0 Å². The molecule has 11 heteroatoms. The van der Waals surface area contributed by atoms with Gasteiger partial charge in [0.05, 0.1) is 29.4 Å². The molecule has 0 aromatic heterocycles. The monoisotopic (exact) mass is 531 g/mol. The van der Waals surface area contributed by atoms with E-state index in [1.165, 1.54) is 19.1 Å². The maximum atomic E-state index is 13.7. The Hall–Kier alpha value is -2.66. The van der Waals surface area contributed by atoms with Crippen LogP contribution in [0.15, 0.2) is 42.5 Å². The Morgan fingerprint density at radius 3 is 2.14 bits per heavy atom. The number of hydrogen-bond donors (Lipinski definition) is 1. The molecule has 3 aliphatic rings. The SMILES string of the molecule is C[C@@H](O[C@H]1CN2C(=O)[C@H]3C[C@@H](O)C[C@H]3[C@H]2[C@@H]1c1ccc(F)cc1)c1cc(C(F)(F)F)cc(C(F)(F)F)c1. The first-order valence-corrected chi connectivity index (χ1v) is 11.9. The average molecular weight is 531 g/mol. The summed E-state index contributed by atoms with van der Waals surface area (Å²) in [6, 6.07) is 6.53. The molecule has 0 bridgehead atoms. The zero-order valence-corrected chi connectivity index (χ0v) is 19.6. The molecule has 0 spiro atoms. The fourth-order valence-corrected chi connectivity index (χ4v) is 6.27. The van der Waals surface area contributed by atoms with Gasteiger partial charge < -0.3 is 14.7 Å². The van der Waals surface area contributed by atoms with Crippen molar-refractivity contribution in [3.05, 3.63) is 70.5 Å². The van der Waals surface area contributed by atoms with E-state index in [0.717, 1.165) is 0 Å². The van der Waals surface area contributed by atoms with Gasteiger partial charge >= 0.3 is 12.4 Å². The van der Waals surface area contributed by atoms with E-state index in [9.17, 15) is 40.6 Å². The summed E-state index contributed by atoms with van der Waals surface area (Å²) in [4.78, 5) is 14.7. The Morgan fingerprint density at radius 1 is 0.973 bits per heavy atom. The molecular weight excluding hydrogens is 507 g/mol. The van der Waals surface area contributed by atoms with Crippen molar-refractivity contribution in [3.8, 4) is 0 Å². The number of alkyl halides is 6. The van der Waals surface area contributed by atoms with Gasteiger partial charge in [-0.2, -0.15) is 26.3 Å². The van der Waals surface area contributed by atoms with Crippen LogP contribution >= 0.6 is 0 Å². The summed E-state index contributed by atoms with van der Waals surface area (Å²) in [7, 11) is 0. The van der Waals surface area contributed by atoms with Gasteiger partial charge in [0.15, 0.2) is 0 Å². The molecule has 4 nitrogen and oxygen atoms in total. The molecule has 0 unspecified atom stereocenters. The zero-order valence-electron chi connectivity index (χ0n) is 19.6. The number of aliphatic hydroxyl groups is 1. The van der Waals surface area contributed by atoms with Crippen LogP contribution in [-0.4, -0.2) is 40.7 Å². The molecule has 5 rings (SSSR count). The molecule has 37 heavy (non-hydrogen) atoms. The van der Waals surface area contributed by atoms with Crippen molar-refractivity contribution in [3.63, 3.8) is 0 Å². The highest BCUT2D eigenvalue weighted by atomic mass is 19.4. The van der Waals surface area contributed by atoms with Crippen LogP contribution in [-0.2, 0) is 21.9 Å². The number of amides is 1. The van der Waals surface area contributed by atoms with Gasteiger partial charge in [0.25, 0.3) is 0 Å². The Kier molecular flexibility index (Phi) is 6.30. The van der Waals surface area contributed by atoms with Crippen molar-refractivity contribution in [2.75, 3.05) is 6.54 Å². The van der Waals surface area contributed by atoms with E-state index in [4.69, 9.17) is 4.74 Å². The standard InChI is InChI=1S/C26H24F7NO3/c1-12(14-6-15(25(28,29)30)8-16(7-14)26(31,32)33)37-21-11-34-23(19-9-18(35)10-20(19)24(34)36)22(21)13-2-4-17(27)5-3-13/h2-8,12,18-23,35H,9-11H2,1H3/t12-,18+,19-,20+,21+,22-,23+/m1/s1. The molecule has 0 radical (unpaired) electrons. The average Bonchev–Trinajstić information content (AvgIpc) is 3.44. The number of hydrogen-bond acceptors (Lipinski definition) is 3. The topological polar surface area (TPSA) is 49.8 Å². The summed E-state index contributed by atoms with van der Waals surface area (Å²) >= 11 is 0. The maximum absolute atomic E-state index is 13.7. The number of fused-ring (bicyclic) bond motifs is 3. The van der Waals surface area contributed by atoms with E-state index in [1.807, 2.05) is 0 Å². The maximum Gasteiger partial charge on any atom is 0.416 e. The van der Waals surface area contributed by atoms with E-state index >= 15 is 0 Å². The summed E-state index contributed by atoms with van der Waals surface area (Å²) in [5.74, 6) is -1.69. The Bertz CT molecular complexity index is 1150. The summed E-state index contributed by atoms with van der Waals surface area (Å²) in [6.45, 7) is 1.45. The van der Waals surface area contributed by atoms with E-state index in [-0.39, 0.29) is 42.0 Å². The number of ether oxygens (including phenoxy) is 1. The van der Waals surface area contributed by atoms with Crippen molar-refractivity contribution in [1.82, 2.24) is 4.90 Å². The van der Waals surface area contributed by atoms with E-state index in [1.54, 1.807) is 17.0 Å². The van der Waals surface area contributed by atoms with Gasteiger partial charge in [-0.3, -0.25) is 4.79 Å². The first kappa shape index (κ1) is 26.0. The van der Waals surface area contributed by atoms with Crippen LogP contribution in [0, 0.1) is 17.7 Å². The fourth-order valence-electron chi connectivity index (χ4n) is 6.27. The normalized spacial score (nSPS) is 30.5. The van der Waals surface area contributed by atoms with Crippen LogP contribution in [0.1, 0.15) is 54.0 Å². The zero-order chi connectivity index (χ0) is 26.9. The number of carbonyl (C=O) groups excluding carboxylic acids is 1. The number of carbonyl (C=O) groups is 1. The van der Waals surface area contributed by atoms with Crippen LogP contribution in [0.4, 0.5) is 30.7 Å². The van der Waals surface area contributed by atoms with Crippen molar-refractivity contribution >= 4 is 5.91 Å². The van der Waals surface area contributed by atoms with Crippen LogP contribution in [0.3, 0.4) is 0 Å². The lowest BCUT2D eigenvalue weighted by molar-refractivity contribution is -0.143. The highest BCUT2D eigenvalue weighted by molar-refractivity contribution is 5.83. The predicted molar refractivity (Wildman–Crippen MR) is 117 cm³/mol. The molecule has 7 atom stereocenters. The smallest absolute Gasteiger partial charge is 0.393 e. The van der Waals surface area contributed by atoms with Crippen molar-refractivity contribution < 1.29 is 45.4 Å². The van der Waals surface area contributed by atoms with Gasteiger partial charge in [-0.15, -0.1) is 0 Å². The highest BCUT2D eigenvalue weighted by Crippen LogP contribution is 2.53. The van der Waals surface area contributed by atoms with Gasteiger partial charge in [-0.1, -0.05) is 12.1 Å². The first-order valence-electron chi connectivity index (χ1n) is 11.9. The van der Waals surface area contributed by atoms with E-state index < -0.39 is 53.5 Å². The second-order valence-electron chi connectivity index (χ2n) is 10.1. The summed E-state index contributed by atoms with van der Waals surface area (Å²) in [5.41, 5.74) is -2.53. The summed E-state index contributed by atoms with van der Waals surface area (Å²) in [5, 5.41) is 10.2. The second-order valence-corrected chi connectivity index (χ2v) is 10.1. The molecule has 200 valence electrons. The first-order chi connectivity index (χ1) is 17.2. The number of benzene rings is 2. The van der Waals surface area contributed by atoms with Crippen LogP contribution in [0.5, 0.6) is 0 Å². The number of nitrogens with zero attached hydrogens (tertiary/aromatic N) is 1. The predicted octanol–water partition coefficient (Wildman–Crippen LogP) is 5.70. The third-order valence-corrected chi connectivity index (χ3v) is 7.84. The van der Waals surface area contributed by atoms with Crippen LogP contribution in [0.25, 0.3) is 0 Å². The van der Waals surface area contributed by atoms with Crippen molar-refractivity contribution in [1.29, 1.82) is 0 Å². The largest absolute Gasteiger partial charge is 0.416 e. The number of rotatable bonds is 4. The summed E-state index contributed by atoms with van der Waals surface area (Å²) < 4.78 is 100.0. The van der Waals surface area contributed by atoms with Gasteiger partial charge in [0, 0.05) is 24.4 Å². The Morgan fingerprint density at radius 2 is 1.57 bits per heavy atom. The summed E-state index contributed by atoms with van der Waals surface area (Å²) in [6.07, 6.45) is -11.8. The van der Waals surface area contributed by atoms with Gasteiger partial charge in [-0.25, -0.2) is 4.39 Å². The Labute approximate surface area is 208 Å². The molecule has 3 fully saturated rings. The number of aliphatic hydroxyl groups excluding tert-OH is 1. The van der Waals surface area contributed by atoms with E-state index in [0.29, 0.717) is 30.5 Å². The minimum atomic E-state index is -4.99. The lowest BCUT2D eigenvalue weighted by Crippen LogP contribution is -2.33. The molecular formula is C26H24F7NO3. The fraction of sp³-hybridized carbons (Fsp3) is 0.500. The quantitative estimate of drug-likeness (QED) is 0.515. The molecule has 2 aromatic carbocycles. The van der Waals surface area contributed by atoms with Gasteiger partial charge in [-0.05, 0) is 67.1 Å². The molecule has 2 aromatic rings. The Balaban J connectivity index is 1.49. The molecule has 1 aliphatic carbocycles. The van der Waals surface area contributed by atoms with Crippen molar-refractivity contribution in [2.24, 2.45) is 11.8 Å². The minimum absolute atomic E-state index is 0.0629. The molecule has 2 heterocycles. The molecule has 1 saturated carbocycles.